The maximum absolute atomic E-state index is 12.8. The summed E-state index contributed by atoms with van der Waals surface area (Å²) in [4.78, 5) is 24.3. The number of rotatable bonds is 2. The number of nitrogens with zero attached hydrogens (tertiary/aromatic N) is 1. The fraction of sp³-hybridized carbons (Fsp3) is 0.0588. The van der Waals surface area contributed by atoms with Gasteiger partial charge in [-0.1, -0.05) is 48.0 Å². The predicted molar refractivity (Wildman–Crippen MR) is 85.0 cm³/mol. The van der Waals surface area contributed by atoms with Gasteiger partial charge in [0.05, 0.1) is 27.2 Å². The SMILES string of the molecule is Cn1c(C=O)c(-c2ccccc2)c(=O)c2c(Cl)cccc21. The summed E-state index contributed by atoms with van der Waals surface area (Å²) < 4.78 is 1.71. The second kappa shape index (κ2) is 5.19. The number of benzene rings is 2. The van der Waals surface area contributed by atoms with E-state index in [1.165, 1.54) is 0 Å². The molecule has 0 N–H and O–H groups in total. The highest BCUT2D eigenvalue weighted by Gasteiger charge is 2.17. The number of pyridine rings is 1. The van der Waals surface area contributed by atoms with E-state index in [1.54, 1.807) is 29.8 Å². The largest absolute Gasteiger partial charge is 0.341 e. The molecule has 2 aromatic carbocycles. The Bertz CT molecular complexity index is 898. The number of aldehydes is 1. The van der Waals surface area contributed by atoms with Crippen LogP contribution in [0.1, 0.15) is 10.5 Å². The highest BCUT2D eigenvalue weighted by Crippen LogP contribution is 2.26. The Kier molecular flexibility index (Phi) is 3.35. The van der Waals surface area contributed by atoms with Gasteiger partial charge in [-0.15, -0.1) is 0 Å². The van der Waals surface area contributed by atoms with Crippen LogP contribution in [0, 0.1) is 0 Å². The summed E-state index contributed by atoms with van der Waals surface area (Å²) in [6.07, 6.45) is 0.712. The van der Waals surface area contributed by atoms with Crippen molar-refractivity contribution in [3.8, 4) is 11.1 Å². The number of aryl methyl sites for hydroxylation is 1. The Morgan fingerprint density at radius 2 is 1.76 bits per heavy atom. The minimum Gasteiger partial charge on any atom is -0.341 e. The van der Waals surface area contributed by atoms with Gasteiger partial charge < -0.3 is 4.57 Å². The molecule has 0 aliphatic rings. The van der Waals surface area contributed by atoms with Crippen LogP contribution in [-0.4, -0.2) is 10.9 Å². The Hall–Kier alpha value is -2.39. The molecule has 0 bridgehead atoms. The molecule has 0 atom stereocenters. The van der Waals surface area contributed by atoms with Crippen LogP contribution in [0.5, 0.6) is 0 Å². The van der Waals surface area contributed by atoms with E-state index in [4.69, 9.17) is 11.6 Å². The first-order valence-corrected chi connectivity index (χ1v) is 6.84. The van der Waals surface area contributed by atoms with Crippen LogP contribution in [0.15, 0.2) is 53.3 Å². The molecule has 0 saturated heterocycles. The number of fused-ring (bicyclic) bond motifs is 1. The average Bonchev–Trinajstić information content (AvgIpc) is 2.51. The topological polar surface area (TPSA) is 39.1 Å². The molecule has 3 nitrogen and oxygen atoms in total. The van der Waals surface area contributed by atoms with Crippen LogP contribution in [0.25, 0.3) is 22.0 Å². The molecule has 1 aromatic heterocycles. The van der Waals surface area contributed by atoms with Crippen LogP contribution in [0.4, 0.5) is 0 Å². The molecule has 0 aliphatic heterocycles. The lowest BCUT2D eigenvalue weighted by atomic mass is 10.0. The van der Waals surface area contributed by atoms with E-state index in [2.05, 4.69) is 0 Å². The molecule has 3 aromatic rings. The van der Waals surface area contributed by atoms with E-state index in [0.29, 0.717) is 39.0 Å². The quantitative estimate of drug-likeness (QED) is 0.677. The molecule has 0 amide bonds. The van der Waals surface area contributed by atoms with Crippen molar-refractivity contribution in [1.29, 1.82) is 0 Å². The van der Waals surface area contributed by atoms with Crippen molar-refractivity contribution in [1.82, 2.24) is 4.57 Å². The second-order valence-electron chi connectivity index (χ2n) is 4.77. The molecule has 0 fully saturated rings. The van der Waals surface area contributed by atoms with Gasteiger partial charge in [-0.25, -0.2) is 0 Å². The van der Waals surface area contributed by atoms with Crippen LogP contribution in [0.3, 0.4) is 0 Å². The number of hydrogen-bond donors (Lipinski definition) is 0. The molecule has 0 radical (unpaired) electrons. The predicted octanol–water partition coefficient (Wildman–Crippen LogP) is 3.67. The Balaban J connectivity index is 2.56. The summed E-state index contributed by atoms with van der Waals surface area (Å²) in [5.41, 5.74) is 1.87. The molecule has 3 rings (SSSR count). The monoisotopic (exact) mass is 297 g/mol. The summed E-state index contributed by atoms with van der Waals surface area (Å²) in [5, 5.41) is 0.828. The highest BCUT2D eigenvalue weighted by atomic mass is 35.5. The van der Waals surface area contributed by atoms with Gasteiger partial charge in [-0.3, -0.25) is 9.59 Å². The van der Waals surface area contributed by atoms with E-state index in [9.17, 15) is 9.59 Å². The second-order valence-corrected chi connectivity index (χ2v) is 5.17. The van der Waals surface area contributed by atoms with Gasteiger partial charge in [0.15, 0.2) is 11.7 Å². The van der Waals surface area contributed by atoms with Crippen LogP contribution in [0.2, 0.25) is 5.02 Å². The van der Waals surface area contributed by atoms with Crippen LogP contribution < -0.4 is 5.43 Å². The van der Waals surface area contributed by atoms with Crippen molar-refractivity contribution in [2.24, 2.45) is 7.05 Å². The lowest BCUT2D eigenvalue weighted by Crippen LogP contribution is -2.16. The first kappa shape index (κ1) is 13.6. The number of halogens is 1. The van der Waals surface area contributed by atoms with Crippen molar-refractivity contribution in [2.75, 3.05) is 0 Å². The number of hydrogen-bond acceptors (Lipinski definition) is 2. The Morgan fingerprint density at radius 1 is 1.05 bits per heavy atom. The summed E-state index contributed by atoms with van der Waals surface area (Å²) >= 11 is 6.19. The minimum atomic E-state index is -0.220. The molecular formula is C17H12ClNO2. The standard InChI is InChI=1S/C17H12ClNO2/c1-19-13-9-5-8-12(18)16(13)17(21)15(14(19)10-20)11-6-3-2-4-7-11/h2-10H,1H3. The molecule has 0 saturated carbocycles. The number of carbonyl (C=O) groups is 1. The first-order chi connectivity index (χ1) is 10.1. The van der Waals surface area contributed by atoms with Crippen molar-refractivity contribution in [2.45, 2.75) is 0 Å². The smallest absolute Gasteiger partial charge is 0.199 e. The van der Waals surface area contributed by atoms with Gasteiger partial charge in [0.2, 0.25) is 0 Å². The van der Waals surface area contributed by atoms with Gasteiger partial charge in [-0.05, 0) is 17.7 Å². The summed E-state index contributed by atoms with van der Waals surface area (Å²) in [7, 11) is 1.76. The van der Waals surface area contributed by atoms with Gasteiger partial charge in [0, 0.05) is 7.05 Å². The molecule has 1 heterocycles. The third-order valence-corrected chi connectivity index (χ3v) is 3.91. The van der Waals surface area contributed by atoms with E-state index < -0.39 is 0 Å². The van der Waals surface area contributed by atoms with Crippen LogP contribution in [-0.2, 0) is 7.05 Å². The fourth-order valence-corrected chi connectivity index (χ4v) is 2.83. The molecule has 0 spiro atoms. The zero-order chi connectivity index (χ0) is 15.0. The Labute approximate surface area is 126 Å². The van der Waals surface area contributed by atoms with E-state index in [1.807, 2.05) is 30.3 Å². The molecule has 0 aliphatic carbocycles. The lowest BCUT2D eigenvalue weighted by molar-refractivity contribution is 0.111. The fourth-order valence-electron chi connectivity index (χ4n) is 2.58. The summed E-state index contributed by atoms with van der Waals surface area (Å²) in [6, 6.07) is 14.4. The van der Waals surface area contributed by atoms with Crippen molar-refractivity contribution in [3.05, 3.63) is 69.5 Å². The minimum absolute atomic E-state index is 0.220. The zero-order valence-corrected chi connectivity index (χ0v) is 12.1. The van der Waals surface area contributed by atoms with Gasteiger partial charge in [0.1, 0.15) is 0 Å². The van der Waals surface area contributed by atoms with Crippen molar-refractivity contribution < 1.29 is 4.79 Å². The molecule has 4 heteroatoms. The normalized spacial score (nSPS) is 10.8. The summed E-state index contributed by atoms with van der Waals surface area (Å²) in [6.45, 7) is 0. The Morgan fingerprint density at radius 3 is 2.43 bits per heavy atom. The first-order valence-electron chi connectivity index (χ1n) is 6.47. The van der Waals surface area contributed by atoms with Gasteiger partial charge in [-0.2, -0.15) is 0 Å². The maximum atomic E-state index is 12.8. The molecular weight excluding hydrogens is 286 g/mol. The molecule has 0 unspecified atom stereocenters. The number of carbonyl (C=O) groups excluding carboxylic acids is 1. The lowest BCUT2D eigenvalue weighted by Gasteiger charge is -2.14. The average molecular weight is 298 g/mol. The maximum Gasteiger partial charge on any atom is 0.199 e. The number of aromatic nitrogens is 1. The van der Waals surface area contributed by atoms with Crippen LogP contribution >= 0.6 is 11.6 Å². The third-order valence-electron chi connectivity index (χ3n) is 3.60. The summed E-state index contributed by atoms with van der Waals surface area (Å²) in [5.74, 6) is 0. The van der Waals surface area contributed by atoms with E-state index >= 15 is 0 Å². The van der Waals surface area contributed by atoms with Crippen molar-refractivity contribution >= 4 is 28.8 Å². The van der Waals surface area contributed by atoms with E-state index in [-0.39, 0.29) is 5.43 Å². The third kappa shape index (κ3) is 2.06. The highest BCUT2D eigenvalue weighted by molar-refractivity contribution is 6.35. The van der Waals surface area contributed by atoms with Gasteiger partial charge >= 0.3 is 0 Å². The van der Waals surface area contributed by atoms with E-state index in [0.717, 1.165) is 0 Å². The molecule has 21 heavy (non-hydrogen) atoms. The van der Waals surface area contributed by atoms with Gasteiger partial charge in [0.25, 0.3) is 0 Å². The zero-order valence-electron chi connectivity index (χ0n) is 11.3. The molecule has 104 valence electrons. The van der Waals surface area contributed by atoms with Crippen molar-refractivity contribution in [3.63, 3.8) is 0 Å².